The highest BCUT2D eigenvalue weighted by Crippen LogP contribution is 2.09. The van der Waals surface area contributed by atoms with Gasteiger partial charge in [0.25, 0.3) is 0 Å². The first-order valence-electron chi connectivity index (χ1n) is 6.80. The van der Waals surface area contributed by atoms with Gasteiger partial charge in [0.05, 0.1) is 0 Å². The molecule has 0 unspecified atom stereocenters. The third-order valence-electron chi connectivity index (χ3n) is 3.08. The van der Waals surface area contributed by atoms with E-state index in [9.17, 15) is 9.00 Å². The van der Waals surface area contributed by atoms with Crippen molar-refractivity contribution in [1.29, 1.82) is 0 Å². The van der Waals surface area contributed by atoms with Crippen LogP contribution in [-0.4, -0.2) is 15.9 Å². The fraction of sp³-hybridized carbons (Fsp3) is 0.235. The maximum Gasteiger partial charge on any atom is 0.237 e. The number of carbonyl (C=O) groups is 1. The van der Waals surface area contributed by atoms with Crippen molar-refractivity contribution >= 4 is 22.4 Å². The van der Waals surface area contributed by atoms with Crippen LogP contribution < -0.4 is 5.32 Å². The zero-order valence-corrected chi connectivity index (χ0v) is 13.1. The molecule has 0 aliphatic carbocycles. The van der Waals surface area contributed by atoms with Crippen LogP contribution in [0.4, 0.5) is 5.69 Å². The minimum atomic E-state index is -1.20. The van der Waals surface area contributed by atoms with Crippen LogP contribution in [-0.2, 0) is 21.3 Å². The molecule has 0 heterocycles. The second-order valence-electron chi connectivity index (χ2n) is 5.13. The highest BCUT2D eigenvalue weighted by molar-refractivity contribution is 7.84. The number of hydrogen-bond acceptors (Lipinski definition) is 2. The van der Waals surface area contributed by atoms with Gasteiger partial charge in [-0.15, -0.1) is 0 Å². The van der Waals surface area contributed by atoms with Crippen molar-refractivity contribution in [3.8, 4) is 0 Å². The van der Waals surface area contributed by atoms with Gasteiger partial charge >= 0.3 is 0 Å². The molecule has 0 aliphatic heterocycles. The second-order valence-corrected chi connectivity index (χ2v) is 6.59. The maximum absolute atomic E-state index is 12.0. The van der Waals surface area contributed by atoms with Gasteiger partial charge in [-0.1, -0.05) is 47.5 Å². The molecule has 0 radical (unpaired) electrons. The molecular weight excluding hydrogens is 282 g/mol. The summed E-state index contributed by atoms with van der Waals surface area (Å²) in [6.07, 6.45) is 0. The normalized spacial score (nSPS) is 11.9. The van der Waals surface area contributed by atoms with Crippen LogP contribution in [0.5, 0.6) is 0 Å². The molecule has 0 saturated carbocycles. The maximum atomic E-state index is 12.0. The largest absolute Gasteiger partial charge is 0.325 e. The molecule has 1 N–H and O–H groups in total. The number of aryl methyl sites for hydroxylation is 2. The predicted molar refractivity (Wildman–Crippen MR) is 87.7 cm³/mol. The fourth-order valence-corrected chi connectivity index (χ4v) is 2.93. The van der Waals surface area contributed by atoms with Gasteiger partial charge in [0.2, 0.25) is 5.91 Å². The molecular formula is C17H19NO2S. The number of nitrogens with one attached hydrogen (secondary N) is 1. The van der Waals surface area contributed by atoms with Crippen molar-refractivity contribution in [2.45, 2.75) is 19.6 Å². The molecule has 1 amide bonds. The van der Waals surface area contributed by atoms with Crippen molar-refractivity contribution < 1.29 is 9.00 Å². The summed E-state index contributed by atoms with van der Waals surface area (Å²) in [4.78, 5) is 11.8. The van der Waals surface area contributed by atoms with Crippen LogP contribution in [0, 0.1) is 13.8 Å². The predicted octanol–water partition coefficient (Wildman–Crippen LogP) is 3.19. The van der Waals surface area contributed by atoms with Crippen molar-refractivity contribution in [3.63, 3.8) is 0 Å². The van der Waals surface area contributed by atoms with Gasteiger partial charge in [-0.25, -0.2) is 0 Å². The van der Waals surface area contributed by atoms with Crippen LogP contribution in [0.25, 0.3) is 0 Å². The average Bonchev–Trinajstić information content (AvgIpc) is 2.44. The first kappa shape index (κ1) is 15.4. The standard InChI is InChI=1S/C17H19NO2S/c1-13-3-7-15(8-4-13)11-21(20)12-17(19)18-16-9-5-14(2)6-10-16/h3-10H,11-12H2,1-2H3,(H,18,19)/t21-/m1/s1. The molecule has 4 heteroatoms. The Hall–Kier alpha value is -1.94. The van der Waals surface area contributed by atoms with E-state index in [0.29, 0.717) is 5.75 Å². The van der Waals surface area contributed by atoms with Crippen LogP contribution in [0.3, 0.4) is 0 Å². The average molecular weight is 301 g/mol. The molecule has 0 bridgehead atoms. The van der Waals surface area contributed by atoms with Gasteiger partial charge in [0.15, 0.2) is 0 Å². The monoisotopic (exact) mass is 301 g/mol. The van der Waals surface area contributed by atoms with Crippen LogP contribution >= 0.6 is 0 Å². The van der Waals surface area contributed by atoms with Crippen LogP contribution in [0.2, 0.25) is 0 Å². The number of hydrogen-bond donors (Lipinski definition) is 1. The SMILES string of the molecule is Cc1ccc(C[S@@](=O)CC(=O)Nc2ccc(C)cc2)cc1. The lowest BCUT2D eigenvalue weighted by molar-refractivity contribution is -0.113. The lowest BCUT2D eigenvalue weighted by atomic mass is 10.2. The highest BCUT2D eigenvalue weighted by atomic mass is 32.2. The Morgan fingerprint density at radius 2 is 1.48 bits per heavy atom. The number of rotatable bonds is 5. The minimum Gasteiger partial charge on any atom is -0.325 e. The quantitative estimate of drug-likeness (QED) is 0.922. The van der Waals surface area contributed by atoms with E-state index in [4.69, 9.17) is 0 Å². The summed E-state index contributed by atoms with van der Waals surface area (Å²) in [6, 6.07) is 15.4. The number of benzene rings is 2. The second kappa shape index (κ2) is 7.18. The Kier molecular flexibility index (Phi) is 5.28. The van der Waals surface area contributed by atoms with E-state index in [2.05, 4.69) is 5.32 Å². The zero-order valence-electron chi connectivity index (χ0n) is 12.3. The molecule has 0 aliphatic rings. The van der Waals surface area contributed by atoms with Gasteiger partial charge in [-0.3, -0.25) is 9.00 Å². The van der Waals surface area contributed by atoms with E-state index in [1.165, 1.54) is 5.56 Å². The minimum absolute atomic E-state index is 0.0156. The Balaban J connectivity index is 1.85. The summed E-state index contributed by atoms with van der Waals surface area (Å²) >= 11 is 0. The fourth-order valence-electron chi connectivity index (χ4n) is 1.90. The molecule has 1 atom stereocenters. The summed E-state index contributed by atoms with van der Waals surface area (Å²) in [5, 5.41) is 2.76. The molecule has 110 valence electrons. The van der Waals surface area contributed by atoms with Gasteiger partial charge in [0, 0.05) is 22.2 Å². The van der Waals surface area contributed by atoms with Crippen LogP contribution in [0.15, 0.2) is 48.5 Å². The number of amides is 1. The van der Waals surface area contributed by atoms with Gasteiger partial charge in [0.1, 0.15) is 5.75 Å². The molecule has 2 rings (SSSR count). The lowest BCUT2D eigenvalue weighted by Gasteiger charge is -2.06. The molecule has 0 spiro atoms. The molecule has 3 nitrogen and oxygen atoms in total. The van der Waals surface area contributed by atoms with Crippen LogP contribution in [0.1, 0.15) is 16.7 Å². The van der Waals surface area contributed by atoms with Crippen molar-refractivity contribution in [3.05, 3.63) is 65.2 Å². The lowest BCUT2D eigenvalue weighted by Crippen LogP contribution is -2.20. The number of carbonyl (C=O) groups excluding carboxylic acids is 1. The Labute approximate surface area is 127 Å². The van der Waals surface area contributed by atoms with E-state index in [-0.39, 0.29) is 11.7 Å². The van der Waals surface area contributed by atoms with Gasteiger partial charge < -0.3 is 5.32 Å². The molecule has 2 aromatic carbocycles. The summed E-state index contributed by atoms with van der Waals surface area (Å²) < 4.78 is 12.0. The van der Waals surface area contributed by atoms with E-state index in [1.807, 2.05) is 62.4 Å². The van der Waals surface area contributed by atoms with Gasteiger partial charge in [-0.2, -0.15) is 0 Å². The van der Waals surface area contributed by atoms with E-state index < -0.39 is 10.8 Å². The van der Waals surface area contributed by atoms with Gasteiger partial charge in [-0.05, 0) is 31.5 Å². The van der Waals surface area contributed by atoms with E-state index in [0.717, 1.165) is 16.8 Å². The molecule has 0 saturated heterocycles. The smallest absolute Gasteiger partial charge is 0.237 e. The summed E-state index contributed by atoms with van der Waals surface area (Å²) in [5.41, 5.74) is 4.03. The summed E-state index contributed by atoms with van der Waals surface area (Å²) in [6.45, 7) is 4.00. The Morgan fingerprint density at radius 3 is 2.05 bits per heavy atom. The first-order valence-corrected chi connectivity index (χ1v) is 8.29. The highest BCUT2D eigenvalue weighted by Gasteiger charge is 2.09. The molecule has 0 fully saturated rings. The molecule has 0 aromatic heterocycles. The van der Waals surface area contributed by atoms with Crippen molar-refractivity contribution in [2.24, 2.45) is 0 Å². The number of anilines is 1. The first-order chi connectivity index (χ1) is 10.0. The molecule has 21 heavy (non-hydrogen) atoms. The Bertz CT molecular complexity index is 575. The van der Waals surface area contributed by atoms with Crippen molar-refractivity contribution in [1.82, 2.24) is 0 Å². The topological polar surface area (TPSA) is 46.2 Å². The van der Waals surface area contributed by atoms with Crippen molar-refractivity contribution in [2.75, 3.05) is 11.1 Å². The third kappa shape index (κ3) is 5.16. The Morgan fingerprint density at radius 1 is 0.952 bits per heavy atom. The zero-order chi connectivity index (χ0) is 15.2. The molecule has 2 aromatic rings. The summed E-state index contributed by atoms with van der Waals surface area (Å²) in [7, 11) is -1.20. The van der Waals surface area contributed by atoms with E-state index >= 15 is 0 Å². The third-order valence-corrected chi connectivity index (χ3v) is 4.32. The van der Waals surface area contributed by atoms with E-state index in [1.54, 1.807) is 0 Å². The summed E-state index contributed by atoms with van der Waals surface area (Å²) in [5.74, 6) is 0.202.